The molecule has 1 aromatic heterocycles. The number of pyridine rings is 1. The van der Waals surface area contributed by atoms with E-state index in [9.17, 15) is 4.39 Å². The number of aromatic nitrogens is 1. The zero-order valence-corrected chi connectivity index (χ0v) is 17.5. The topological polar surface area (TPSA) is 55.8 Å². The van der Waals surface area contributed by atoms with E-state index in [4.69, 9.17) is 0 Å². The van der Waals surface area contributed by atoms with E-state index < -0.39 is 0 Å². The third-order valence-corrected chi connectivity index (χ3v) is 5.70. The van der Waals surface area contributed by atoms with E-state index >= 15 is 0 Å². The maximum Gasteiger partial charge on any atom is 0.191 e. The fraction of sp³-hybridized carbons (Fsp3) is 0.714. The zero-order valence-electron chi connectivity index (χ0n) is 17.5. The average Bonchev–Trinajstić information content (AvgIpc) is 3.36. The Balaban J connectivity index is 1.51. The highest BCUT2D eigenvalue weighted by Gasteiger charge is 2.27. The van der Waals surface area contributed by atoms with Gasteiger partial charge in [0.1, 0.15) is 0 Å². The minimum Gasteiger partial charge on any atom is -0.355 e. The second-order valence-electron chi connectivity index (χ2n) is 8.36. The number of rotatable bonds is 7. The van der Waals surface area contributed by atoms with Crippen molar-refractivity contribution in [3.63, 3.8) is 0 Å². The normalized spacial score (nSPS) is 22.1. The third kappa shape index (κ3) is 5.56. The summed E-state index contributed by atoms with van der Waals surface area (Å²) in [5, 5.41) is 7.05. The lowest BCUT2D eigenvalue weighted by Gasteiger charge is -2.30. The van der Waals surface area contributed by atoms with Crippen molar-refractivity contribution >= 4 is 11.8 Å². The van der Waals surface area contributed by atoms with Crippen molar-refractivity contribution in [3.8, 4) is 0 Å². The average molecular weight is 391 g/mol. The first kappa shape index (κ1) is 20.8. The molecule has 3 rings (SSSR count). The molecule has 2 aliphatic heterocycles. The highest BCUT2D eigenvalue weighted by atomic mass is 19.1. The van der Waals surface area contributed by atoms with Gasteiger partial charge >= 0.3 is 0 Å². The summed E-state index contributed by atoms with van der Waals surface area (Å²) >= 11 is 0. The maximum absolute atomic E-state index is 14.0. The predicted octanol–water partition coefficient (Wildman–Crippen LogP) is 2.47. The fourth-order valence-electron chi connectivity index (χ4n) is 4.30. The number of hydrogen-bond donors (Lipinski definition) is 2. The Labute approximate surface area is 168 Å². The van der Waals surface area contributed by atoms with Crippen molar-refractivity contribution in [3.05, 3.63) is 24.1 Å². The number of halogens is 1. The lowest BCUT2D eigenvalue weighted by atomic mass is 10.0. The molecule has 0 bridgehead atoms. The van der Waals surface area contributed by atoms with Gasteiger partial charge in [-0.25, -0.2) is 9.37 Å². The van der Waals surface area contributed by atoms with Crippen LogP contribution in [0.15, 0.2) is 23.3 Å². The Bertz CT molecular complexity index is 644. The minimum atomic E-state index is -0.257. The van der Waals surface area contributed by atoms with Gasteiger partial charge in [-0.3, -0.25) is 9.89 Å². The van der Waals surface area contributed by atoms with Crippen LogP contribution in [0.3, 0.4) is 0 Å². The fourth-order valence-corrected chi connectivity index (χ4v) is 4.30. The van der Waals surface area contributed by atoms with E-state index in [2.05, 4.69) is 39.4 Å². The Morgan fingerprint density at radius 3 is 2.79 bits per heavy atom. The third-order valence-electron chi connectivity index (χ3n) is 5.70. The zero-order chi connectivity index (χ0) is 19.9. The van der Waals surface area contributed by atoms with Crippen LogP contribution in [0, 0.1) is 11.7 Å². The number of nitrogens with zero attached hydrogens (tertiary/aromatic N) is 4. The Morgan fingerprint density at radius 1 is 1.32 bits per heavy atom. The van der Waals surface area contributed by atoms with Gasteiger partial charge in [-0.2, -0.15) is 0 Å². The molecule has 2 fully saturated rings. The van der Waals surface area contributed by atoms with Crippen LogP contribution in [0.2, 0.25) is 0 Å². The summed E-state index contributed by atoms with van der Waals surface area (Å²) < 4.78 is 14.0. The SMILES string of the molecule is CN=C(NCC(CC(C)C)N1CCCC1)NC1CCN(c2ncccc2F)C1. The van der Waals surface area contributed by atoms with Crippen LogP contribution in [-0.2, 0) is 0 Å². The van der Waals surface area contributed by atoms with Crippen LogP contribution in [-0.4, -0.2) is 67.7 Å². The van der Waals surface area contributed by atoms with Crippen molar-refractivity contribution in [2.24, 2.45) is 10.9 Å². The van der Waals surface area contributed by atoms with E-state index in [-0.39, 0.29) is 11.9 Å². The van der Waals surface area contributed by atoms with Gasteiger partial charge < -0.3 is 15.5 Å². The van der Waals surface area contributed by atoms with Gasteiger partial charge in [-0.05, 0) is 56.8 Å². The molecule has 2 N–H and O–H groups in total. The summed E-state index contributed by atoms with van der Waals surface area (Å²) in [6, 6.07) is 3.88. The van der Waals surface area contributed by atoms with Gasteiger partial charge in [-0.15, -0.1) is 0 Å². The molecule has 0 saturated carbocycles. The summed E-state index contributed by atoms with van der Waals surface area (Å²) in [6.45, 7) is 9.43. The molecule has 0 radical (unpaired) electrons. The monoisotopic (exact) mass is 390 g/mol. The highest BCUT2D eigenvalue weighted by Crippen LogP contribution is 2.21. The Kier molecular flexibility index (Phi) is 7.48. The van der Waals surface area contributed by atoms with E-state index in [1.165, 1.54) is 38.4 Å². The van der Waals surface area contributed by atoms with Crippen molar-refractivity contribution in [1.29, 1.82) is 0 Å². The van der Waals surface area contributed by atoms with E-state index in [1.54, 1.807) is 12.3 Å². The molecule has 28 heavy (non-hydrogen) atoms. The van der Waals surface area contributed by atoms with Gasteiger partial charge in [0, 0.05) is 45.0 Å². The van der Waals surface area contributed by atoms with Gasteiger partial charge in [-0.1, -0.05) is 13.8 Å². The largest absolute Gasteiger partial charge is 0.355 e. The van der Waals surface area contributed by atoms with Crippen LogP contribution in [0.5, 0.6) is 0 Å². The summed E-state index contributed by atoms with van der Waals surface area (Å²) in [5.41, 5.74) is 0. The van der Waals surface area contributed by atoms with Crippen LogP contribution >= 0.6 is 0 Å². The summed E-state index contributed by atoms with van der Waals surface area (Å²) in [5.74, 6) is 1.70. The molecule has 3 heterocycles. The Morgan fingerprint density at radius 2 is 2.11 bits per heavy atom. The quantitative estimate of drug-likeness (QED) is 0.553. The van der Waals surface area contributed by atoms with E-state index in [1.807, 2.05) is 11.9 Å². The first-order valence-electron chi connectivity index (χ1n) is 10.6. The number of aliphatic imine (C=N–C) groups is 1. The standard InChI is InChI=1S/C21H35FN6/c1-16(2)13-18(27-10-4-5-11-27)14-25-21(23-3)26-17-8-12-28(15-17)20-19(22)7-6-9-24-20/h6-7,9,16-18H,4-5,8,10-15H2,1-3H3,(H2,23,25,26). The van der Waals surface area contributed by atoms with Gasteiger partial charge in [0.2, 0.25) is 0 Å². The van der Waals surface area contributed by atoms with Crippen molar-refractivity contribution in [2.45, 2.75) is 51.6 Å². The minimum absolute atomic E-state index is 0.239. The maximum atomic E-state index is 14.0. The summed E-state index contributed by atoms with van der Waals surface area (Å²) in [6.07, 6.45) is 6.40. The van der Waals surface area contributed by atoms with Gasteiger partial charge in [0.05, 0.1) is 0 Å². The first-order chi connectivity index (χ1) is 13.6. The molecule has 0 aliphatic carbocycles. The number of likely N-dealkylation sites (tertiary alicyclic amines) is 1. The molecular weight excluding hydrogens is 355 g/mol. The summed E-state index contributed by atoms with van der Waals surface area (Å²) in [4.78, 5) is 13.2. The van der Waals surface area contributed by atoms with Crippen LogP contribution in [0.25, 0.3) is 0 Å². The molecule has 7 heteroatoms. The van der Waals surface area contributed by atoms with Crippen LogP contribution in [0.4, 0.5) is 10.2 Å². The van der Waals surface area contributed by atoms with Crippen LogP contribution in [0.1, 0.15) is 39.5 Å². The molecule has 156 valence electrons. The van der Waals surface area contributed by atoms with Crippen LogP contribution < -0.4 is 15.5 Å². The molecule has 0 aromatic carbocycles. The summed E-state index contributed by atoms with van der Waals surface area (Å²) in [7, 11) is 1.81. The van der Waals surface area contributed by atoms with Crippen molar-refractivity contribution < 1.29 is 4.39 Å². The number of hydrogen-bond acceptors (Lipinski definition) is 4. The first-order valence-corrected chi connectivity index (χ1v) is 10.6. The smallest absolute Gasteiger partial charge is 0.191 e. The molecule has 2 saturated heterocycles. The molecule has 2 unspecified atom stereocenters. The molecule has 2 aliphatic rings. The lowest BCUT2D eigenvalue weighted by Crippen LogP contribution is -2.49. The highest BCUT2D eigenvalue weighted by molar-refractivity contribution is 5.80. The molecular formula is C21H35FN6. The second-order valence-corrected chi connectivity index (χ2v) is 8.36. The van der Waals surface area contributed by atoms with E-state index in [0.29, 0.717) is 17.8 Å². The second kappa shape index (κ2) is 10.0. The van der Waals surface area contributed by atoms with Crippen molar-refractivity contribution in [1.82, 2.24) is 20.5 Å². The molecule has 0 spiro atoms. The van der Waals surface area contributed by atoms with Gasteiger partial charge in [0.15, 0.2) is 17.6 Å². The Hall–Kier alpha value is -1.89. The molecule has 1 aromatic rings. The van der Waals surface area contributed by atoms with Crippen molar-refractivity contribution in [2.75, 3.05) is 44.7 Å². The number of anilines is 1. The molecule has 6 nitrogen and oxygen atoms in total. The molecule has 2 atom stereocenters. The van der Waals surface area contributed by atoms with Gasteiger partial charge in [0.25, 0.3) is 0 Å². The number of guanidine groups is 1. The predicted molar refractivity (Wildman–Crippen MR) is 113 cm³/mol. The number of nitrogens with one attached hydrogen (secondary N) is 2. The van der Waals surface area contributed by atoms with E-state index in [0.717, 1.165) is 32.0 Å². The lowest BCUT2D eigenvalue weighted by molar-refractivity contribution is 0.212. The molecule has 0 amide bonds.